The summed E-state index contributed by atoms with van der Waals surface area (Å²) in [6, 6.07) is 4.91. The predicted octanol–water partition coefficient (Wildman–Crippen LogP) is 4.05. The third-order valence-electron chi connectivity index (χ3n) is 6.57. The summed E-state index contributed by atoms with van der Waals surface area (Å²) >= 11 is 2.37. The molecule has 11 nitrogen and oxygen atoms in total. The van der Waals surface area contributed by atoms with Gasteiger partial charge in [0.15, 0.2) is 14.6 Å². The van der Waals surface area contributed by atoms with Crippen LogP contribution >= 0.6 is 22.7 Å². The number of rotatable bonds is 11. The van der Waals surface area contributed by atoms with Crippen LogP contribution in [0.15, 0.2) is 35.8 Å². The fourth-order valence-electron chi connectivity index (χ4n) is 4.80. The van der Waals surface area contributed by atoms with Crippen LogP contribution in [0, 0.1) is 0 Å². The Morgan fingerprint density at radius 2 is 1.74 bits per heavy atom. The van der Waals surface area contributed by atoms with Crippen molar-refractivity contribution in [2.75, 3.05) is 30.0 Å². The highest BCUT2D eigenvalue weighted by Crippen LogP contribution is 2.38. The van der Waals surface area contributed by atoms with Crippen molar-refractivity contribution < 1.29 is 37.1 Å². The topological polar surface area (TPSA) is 150 Å². The van der Waals surface area contributed by atoms with Crippen molar-refractivity contribution >= 4 is 71.5 Å². The average Bonchev–Trinajstić information content (AvgIpc) is 3.34. The van der Waals surface area contributed by atoms with Gasteiger partial charge in [-0.3, -0.25) is 9.59 Å². The molecular formula is C29H33N3O8S3. The standard InChI is InChI=1S/C29H33N3O8S3/c1-4-14-32-20-13-12-18(27(35)39-5-2)15-22(20)42-29(32)31-24(34)17-43(37,38)16-23(33)30-26-25(28(36)40-6-3)19-10-8-7-9-11-21(19)41-26/h4,12-13,15H,1,5-11,14,16-17H2,2-3H3,(H,30,33). The molecule has 0 bridgehead atoms. The van der Waals surface area contributed by atoms with Gasteiger partial charge >= 0.3 is 11.9 Å². The molecule has 0 saturated carbocycles. The molecule has 43 heavy (non-hydrogen) atoms. The molecule has 0 saturated heterocycles. The minimum Gasteiger partial charge on any atom is -0.462 e. The van der Waals surface area contributed by atoms with Gasteiger partial charge in [0.25, 0.3) is 5.91 Å². The maximum atomic E-state index is 12.9. The highest BCUT2D eigenvalue weighted by atomic mass is 32.2. The van der Waals surface area contributed by atoms with Gasteiger partial charge in [-0.15, -0.1) is 17.9 Å². The Hall–Kier alpha value is -3.62. The maximum absolute atomic E-state index is 12.9. The van der Waals surface area contributed by atoms with E-state index < -0.39 is 45.1 Å². The van der Waals surface area contributed by atoms with Crippen LogP contribution in [-0.4, -0.2) is 61.5 Å². The first-order valence-electron chi connectivity index (χ1n) is 13.9. The van der Waals surface area contributed by atoms with E-state index in [1.54, 1.807) is 42.7 Å². The van der Waals surface area contributed by atoms with Crippen molar-refractivity contribution in [2.24, 2.45) is 4.99 Å². The van der Waals surface area contributed by atoms with Crippen molar-refractivity contribution in [2.45, 2.75) is 52.5 Å². The third kappa shape index (κ3) is 7.86. The number of hydrogen-bond donors (Lipinski definition) is 1. The number of ether oxygens (including phenoxy) is 2. The molecule has 1 aliphatic carbocycles. The van der Waals surface area contributed by atoms with E-state index in [1.807, 2.05) is 0 Å². The Bertz CT molecular complexity index is 1750. The van der Waals surface area contributed by atoms with E-state index in [4.69, 9.17) is 9.47 Å². The number of nitrogens with zero attached hydrogens (tertiary/aromatic N) is 2. The smallest absolute Gasteiger partial charge is 0.341 e. The number of fused-ring (bicyclic) bond motifs is 2. The number of esters is 2. The first-order chi connectivity index (χ1) is 20.6. The first-order valence-corrected chi connectivity index (χ1v) is 17.3. The van der Waals surface area contributed by atoms with Crippen LogP contribution in [0.3, 0.4) is 0 Å². The second-order valence-electron chi connectivity index (χ2n) is 9.76. The Morgan fingerprint density at radius 1 is 1.02 bits per heavy atom. The van der Waals surface area contributed by atoms with E-state index in [-0.39, 0.29) is 35.1 Å². The molecule has 1 aromatic carbocycles. The van der Waals surface area contributed by atoms with Crippen molar-refractivity contribution in [3.63, 3.8) is 0 Å². The highest BCUT2D eigenvalue weighted by Gasteiger charge is 2.28. The summed E-state index contributed by atoms with van der Waals surface area (Å²) in [6.07, 6.45) is 5.95. The number of hydrogen-bond acceptors (Lipinski definition) is 10. The Kier molecular flexibility index (Phi) is 10.7. The monoisotopic (exact) mass is 647 g/mol. The van der Waals surface area contributed by atoms with E-state index >= 15 is 0 Å². The molecular weight excluding hydrogens is 615 g/mol. The molecule has 0 atom stereocenters. The van der Waals surface area contributed by atoms with Crippen molar-refractivity contribution in [3.8, 4) is 0 Å². The van der Waals surface area contributed by atoms with Crippen molar-refractivity contribution in [3.05, 3.63) is 57.2 Å². The van der Waals surface area contributed by atoms with Gasteiger partial charge in [0.1, 0.15) is 16.5 Å². The molecule has 0 unspecified atom stereocenters. The van der Waals surface area contributed by atoms with E-state index in [2.05, 4.69) is 16.9 Å². The van der Waals surface area contributed by atoms with Gasteiger partial charge in [-0.1, -0.05) is 23.8 Å². The first kappa shape index (κ1) is 32.3. The summed E-state index contributed by atoms with van der Waals surface area (Å²) in [5, 5.41) is 2.84. The Morgan fingerprint density at radius 3 is 2.47 bits per heavy atom. The van der Waals surface area contributed by atoms with Crippen LogP contribution < -0.4 is 10.1 Å². The number of allylic oxidation sites excluding steroid dienone is 1. The molecule has 2 aromatic heterocycles. The number of sulfone groups is 1. The predicted molar refractivity (Wildman–Crippen MR) is 165 cm³/mol. The Balaban J connectivity index is 1.52. The molecule has 0 fully saturated rings. The second kappa shape index (κ2) is 14.2. The SMILES string of the molecule is C=CCn1c(=NC(=O)CS(=O)(=O)CC(=O)Nc2sc3c(c2C(=O)OCC)CCCCC3)sc2cc(C(=O)OCC)ccc21. The van der Waals surface area contributed by atoms with Crippen LogP contribution in [-0.2, 0) is 48.3 Å². The number of thiophene rings is 1. The summed E-state index contributed by atoms with van der Waals surface area (Å²) in [5.74, 6) is -4.79. The number of carbonyl (C=O) groups excluding carboxylic acids is 4. The number of amides is 2. The summed E-state index contributed by atoms with van der Waals surface area (Å²) in [4.78, 5) is 55.8. The number of anilines is 1. The number of thiazole rings is 1. The van der Waals surface area contributed by atoms with E-state index in [0.29, 0.717) is 22.2 Å². The summed E-state index contributed by atoms with van der Waals surface area (Å²) < 4.78 is 38.3. The summed E-state index contributed by atoms with van der Waals surface area (Å²) in [6.45, 7) is 7.79. The van der Waals surface area contributed by atoms with Gasteiger partial charge < -0.3 is 19.4 Å². The van der Waals surface area contributed by atoms with E-state index in [1.165, 1.54) is 11.3 Å². The van der Waals surface area contributed by atoms with Gasteiger partial charge in [-0.2, -0.15) is 4.99 Å². The normalized spacial score (nSPS) is 13.7. The molecule has 0 aliphatic heterocycles. The average molecular weight is 648 g/mol. The van der Waals surface area contributed by atoms with Crippen molar-refractivity contribution in [1.82, 2.24) is 4.57 Å². The van der Waals surface area contributed by atoms with E-state index in [0.717, 1.165) is 47.5 Å². The summed E-state index contributed by atoms with van der Waals surface area (Å²) in [5.41, 5.74) is 2.14. The molecule has 1 N–H and O–H groups in total. The van der Waals surface area contributed by atoms with Gasteiger partial charge in [0.2, 0.25) is 5.91 Å². The largest absolute Gasteiger partial charge is 0.462 e. The second-order valence-corrected chi connectivity index (χ2v) is 13.9. The van der Waals surface area contributed by atoms with Crippen LogP contribution in [0.2, 0.25) is 0 Å². The molecule has 1 aliphatic rings. The van der Waals surface area contributed by atoms with Gasteiger partial charge in [0, 0.05) is 11.4 Å². The molecule has 14 heteroatoms. The fraction of sp³-hybridized carbons (Fsp3) is 0.414. The van der Waals surface area contributed by atoms with Crippen LogP contribution in [0.5, 0.6) is 0 Å². The zero-order valence-electron chi connectivity index (χ0n) is 24.0. The molecule has 3 aromatic rings. The number of aromatic nitrogens is 1. The number of benzene rings is 1. The van der Waals surface area contributed by atoms with Crippen molar-refractivity contribution in [1.29, 1.82) is 0 Å². The van der Waals surface area contributed by atoms with Crippen LogP contribution in [0.25, 0.3) is 10.2 Å². The van der Waals surface area contributed by atoms with Gasteiger partial charge in [0.05, 0.1) is 34.6 Å². The van der Waals surface area contributed by atoms with Gasteiger partial charge in [-0.05, 0) is 63.3 Å². The quantitative estimate of drug-likeness (QED) is 0.186. The molecule has 2 amide bonds. The zero-order chi connectivity index (χ0) is 31.1. The highest BCUT2D eigenvalue weighted by molar-refractivity contribution is 7.92. The molecule has 0 spiro atoms. The Labute approximate surface area is 257 Å². The molecule has 2 heterocycles. The zero-order valence-corrected chi connectivity index (χ0v) is 26.4. The lowest BCUT2D eigenvalue weighted by Gasteiger charge is -2.08. The van der Waals surface area contributed by atoms with Crippen LogP contribution in [0.4, 0.5) is 5.00 Å². The van der Waals surface area contributed by atoms with Gasteiger partial charge in [-0.25, -0.2) is 18.0 Å². The molecule has 230 valence electrons. The molecule has 4 rings (SSSR count). The van der Waals surface area contributed by atoms with E-state index in [9.17, 15) is 27.6 Å². The lowest BCUT2D eigenvalue weighted by Crippen LogP contribution is -2.28. The maximum Gasteiger partial charge on any atom is 0.341 e. The lowest BCUT2D eigenvalue weighted by molar-refractivity contribution is -0.115. The minimum atomic E-state index is -4.20. The minimum absolute atomic E-state index is 0.163. The lowest BCUT2D eigenvalue weighted by atomic mass is 10.1. The number of nitrogens with one attached hydrogen (secondary N) is 1. The number of aryl methyl sites for hydroxylation is 1. The number of carbonyl (C=O) groups is 4. The fourth-order valence-corrected chi connectivity index (χ4v) is 8.20. The third-order valence-corrected chi connectivity index (χ3v) is 10.2. The summed E-state index contributed by atoms with van der Waals surface area (Å²) in [7, 11) is -4.20. The molecule has 0 radical (unpaired) electrons. The van der Waals surface area contributed by atoms with Crippen LogP contribution in [0.1, 0.15) is 64.3 Å².